The first-order valence-electron chi connectivity index (χ1n) is 7.50. The van der Waals surface area contributed by atoms with E-state index in [9.17, 15) is 4.79 Å². The SMILES string of the molecule is COCCNC(=O)CCNCc1ccc2c(c1)CCN2C. The van der Waals surface area contributed by atoms with Gasteiger partial charge in [0.15, 0.2) is 0 Å². The van der Waals surface area contributed by atoms with Gasteiger partial charge in [0.1, 0.15) is 0 Å². The van der Waals surface area contributed by atoms with Crippen LogP contribution in [0.15, 0.2) is 18.2 Å². The highest BCUT2D eigenvalue weighted by molar-refractivity contribution is 5.76. The third-order valence-corrected chi connectivity index (χ3v) is 3.76. The highest BCUT2D eigenvalue weighted by atomic mass is 16.5. The molecule has 2 N–H and O–H groups in total. The van der Waals surface area contributed by atoms with Crippen molar-refractivity contribution in [1.82, 2.24) is 10.6 Å². The van der Waals surface area contributed by atoms with Gasteiger partial charge < -0.3 is 20.3 Å². The Hall–Kier alpha value is -1.59. The monoisotopic (exact) mass is 291 g/mol. The van der Waals surface area contributed by atoms with Gasteiger partial charge >= 0.3 is 0 Å². The van der Waals surface area contributed by atoms with Crippen LogP contribution in [0.25, 0.3) is 0 Å². The lowest BCUT2D eigenvalue weighted by atomic mass is 10.1. The highest BCUT2D eigenvalue weighted by Crippen LogP contribution is 2.27. The molecule has 0 radical (unpaired) electrons. The van der Waals surface area contributed by atoms with Gasteiger partial charge in [-0.25, -0.2) is 0 Å². The second-order valence-corrected chi connectivity index (χ2v) is 5.40. The number of likely N-dealkylation sites (N-methyl/N-ethyl adjacent to an activating group) is 1. The van der Waals surface area contributed by atoms with E-state index in [4.69, 9.17) is 4.74 Å². The van der Waals surface area contributed by atoms with Crippen molar-refractivity contribution in [3.8, 4) is 0 Å². The molecule has 0 atom stereocenters. The average molecular weight is 291 g/mol. The van der Waals surface area contributed by atoms with Crippen molar-refractivity contribution in [1.29, 1.82) is 0 Å². The summed E-state index contributed by atoms with van der Waals surface area (Å²) >= 11 is 0. The van der Waals surface area contributed by atoms with Crippen LogP contribution < -0.4 is 15.5 Å². The molecule has 1 aliphatic rings. The number of amides is 1. The van der Waals surface area contributed by atoms with Crippen LogP contribution in [0.3, 0.4) is 0 Å². The van der Waals surface area contributed by atoms with Crippen molar-refractivity contribution < 1.29 is 9.53 Å². The first kappa shape index (κ1) is 15.8. The van der Waals surface area contributed by atoms with Crippen LogP contribution in [-0.4, -0.2) is 46.3 Å². The van der Waals surface area contributed by atoms with E-state index in [-0.39, 0.29) is 5.91 Å². The van der Waals surface area contributed by atoms with E-state index in [1.165, 1.54) is 16.8 Å². The summed E-state index contributed by atoms with van der Waals surface area (Å²) in [6, 6.07) is 6.62. The van der Waals surface area contributed by atoms with E-state index in [1.807, 2.05) is 0 Å². The summed E-state index contributed by atoms with van der Waals surface area (Å²) in [5.74, 6) is 0.0649. The number of ether oxygens (including phenoxy) is 1. The van der Waals surface area contributed by atoms with Crippen LogP contribution in [0, 0.1) is 0 Å². The molecule has 0 saturated heterocycles. The normalized spacial score (nSPS) is 13.3. The fraction of sp³-hybridized carbons (Fsp3) is 0.562. The van der Waals surface area contributed by atoms with E-state index in [1.54, 1.807) is 7.11 Å². The summed E-state index contributed by atoms with van der Waals surface area (Å²) in [6.45, 7) is 3.74. The number of nitrogens with zero attached hydrogens (tertiary/aromatic N) is 1. The van der Waals surface area contributed by atoms with Gasteiger partial charge in [-0.3, -0.25) is 4.79 Å². The van der Waals surface area contributed by atoms with Crippen molar-refractivity contribution in [2.24, 2.45) is 0 Å². The van der Waals surface area contributed by atoms with Gasteiger partial charge in [-0.05, 0) is 23.6 Å². The Morgan fingerprint density at radius 3 is 3.05 bits per heavy atom. The standard InChI is InChI=1S/C16H25N3O2/c1-19-9-6-14-11-13(3-4-15(14)19)12-17-7-5-16(20)18-8-10-21-2/h3-4,11,17H,5-10,12H2,1-2H3,(H,18,20). The van der Waals surface area contributed by atoms with Crippen LogP contribution in [-0.2, 0) is 22.5 Å². The molecule has 1 aromatic carbocycles. The summed E-state index contributed by atoms with van der Waals surface area (Å²) in [6.07, 6.45) is 1.62. The number of carbonyl (C=O) groups excluding carboxylic acids is 1. The van der Waals surface area contributed by atoms with Crippen LogP contribution in [0.1, 0.15) is 17.5 Å². The second-order valence-electron chi connectivity index (χ2n) is 5.40. The number of rotatable bonds is 8. The molecule has 1 amide bonds. The number of methoxy groups -OCH3 is 1. The minimum Gasteiger partial charge on any atom is -0.383 e. The molecule has 5 heteroatoms. The predicted molar refractivity (Wildman–Crippen MR) is 84.6 cm³/mol. The lowest BCUT2D eigenvalue weighted by molar-refractivity contribution is -0.121. The lowest BCUT2D eigenvalue weighted by Crippen LogP contribution is -2.29. The van der Waals surface area contributed by atoms with Crippen molar-refractivity contribution >= 4 is 11.6 Å². The third-order valence-electron chi connectivity index (χ3n) is 3.76. The van der Waals surface area contributed by atoms with Gasteiger partial charge in [0.2, 0.25) is 5.91 Å². The second kappa shape index (κ2) is 8.00. The van der Waals surface area contributed by atoms with Crippen molar-refractivity contribution in [2.45, 2.75) is 19.4 Å². The Kier molecular flexibility index (Phi) is 6.02. The number of anilines is 1. The maximum absolute atomic E-state index is 11.5. The Labute approximate surface area is 126 Å². The molecule has 1 aliphatic heterocycles. The zero-order valence-corrected chi connectivity index (χ0v) is 12.9. The molecule has 1 heterocycles. The van der Waals surface area contributed by atoms with Crippen LogP contribution in [0.2, 0.25) is 0 Å². The quantitative estimate of drug-likeness (QED) is 0.700. The molecule has 5 nitrogen and oxygen atoms in total. The lowest BCUT2D eigenvalue weighted by Gasteiger charge is -2.12. The maximum atomic E-state index is 11.5. The van der Waals surface area contributed by atoms with Crippen LogP contribution in [0.5, 0.6) is 0 Å². The molecule has 116 valence electrons. The summed E-state index contributed by atoms with van der Waals surface area (Å²) in [4.78, 5) is 13.8. The fourth-order valence-corrected chi connectivity index (χ4v) is 2.55. The van der Waals surface area contributed by atoms with Gasteiger partial charge in [-0.1, -0.05) is 12.1 Å². The number of hydrogen-bond donors (Lipinski definition) is 2. The number of benzene rings is 1. The molecule has 0 bridgehead atoms. The summed E-state index contributed by atoms with van der Waals surface area (Å²) in [5, 5.41) is 6.13. The van der Waals surface area contributed by atoms with Crippen molar-refractivity contribution in [2.75, 3.05) is 45.3 Å². The largest absolute Gasteiger partial charge is 0.383 e. The van der Waals surface area contributed by atoms with Gasteiger partial charge in [0.25, 0.3) is 0 Å². The number of hydrogen-bond acceptors (Lipinski definition) is 4. The third kappa shape index (κ3) is 4.72. The number of carbonyl (C=O) groups is 1. The molecule has 1 aromatic rings. The Morgan fingerprint density at radius 2 is 2.24 bits per heavy atom. The molecule has 0 spiro atoms. The molecule has 0 unspecified atom stereocenters. The van der Waals surface area contributed by atoms with E-state index in [2.05, 4.69) is 40.8 Å². The van der Waals surface area contributed by atoms with E-state index in [0.29, 0.717) is 26.1 Å². The maximum Gasteiger partial charge on any atom is 0.221 e. The zero-order chi connectivity index (χ0) is 15.1. The summed E-state index contributed by atoms with van der Waals surface area (Å²) in [7, 11) is 3.76. The minimum atomic E-state index is 0.0649. The zero-order valence-electron chi connectivity index (χ0n) is 12.9. The van der Waals surface area contributed by atoms with Crippen LogP contribution >= 0.6 is 0 Å². The molecule has 0 aliphatic carbocycles. The van der Waals surface area contributed by atoms with Gasteiger partial charge in [0.05, 0.1) is 6.61 Å². The Balaban J connectivity index is 1.66. The average Bonchev–Trinajstić information content (AvgIpc) is 2.85. The molecule has 0 fully saturated rings. The molecule has 0 aromatic heterocycles. The molecule has 21 heavy (non-hydrogen) atoms. The molecule has 2 rings (SSSR count). The molecular formula is C16H25N3O2. The Bertz CT molecular complexity index is 477. The first-order valence-corrected chi connectivity index (χ1v) is 7.50. The predicted octanol–water partition coefficient (Wildman–Crippen LogP) is 0.921. The smallest absolute Gasteiger partial charge is 0.221 e. The minimum absolute atomic E-state index is 0.0649. The van der Waals surface area contributed by atoms with Crippen molar-refractivity contribution in [3.05, 3.63) is 29.3 Å². The van der Waals surface area contributed by atoms with E-state index < -0.39 is 0 Å². The van der Waals surface area contributed by atoms with Gasteiger partial charge in [-0.2, -0.15) is 0 Å². The Morgan fingerprint density at radius 1 is 1.38 bits per heavy atom. The topological polar surface area (TPSA) is 53.6 Å². The van der Waals surface area contributed by atoms with Crippen molar-refractivity contribution in [3.63, 3.8) is 0 Å². The highest BCUT2D eigenvalue weighted by Gasteiger charge is 2.15. The van der Waals surface area contributed by atoms with E-state index >= 15 is 0 Å². The van der Waals surface area contributed by atoms with Gasteiger partial charge in [0, 0.05) is 52.4 Å². The fourth-order valence-electron chi connectivity index (χ4n) is 2.55. The summed E-state index contributed by atoms with van der Waals surface area (Å²) < 4.78 is 4.89. The van der Waals surface area contributed by atoms with Gasteiger partial charge in [-0.15, -0.1) is 0 Å². The molecular weight excluding hydrogens is 266 g/mol. The number of nitrogens with one attached hydrogen (secondary N) is 2. The van der Waals surface area contributed by atoms with Crippen LogP contribution in [0.4, 0.5) is 5.69 Å². The molecule has 0 saturated carbocycles. The first-order chi connectivity index (χ1) is 10.2. The number of fused-ring (bicyclic) bond motifs is 1. The summed E-state index contributed by atoms with van der Waals surface area (Å²) in [5.41, 5.74) is 4.05. The van der Waals surface area contributed by atoms with E-state index in [0.717, 1.165) is 19.5 Å².